The van der Waals surface area contributed by atoms with Crippen molar-refractivity contribution in [1.82, 2.24) is 5.32 Å². The molecule has 1 unspecified atom stereocenters. The first-order valence-corrected chi connectivity index (χ1v) is 7.44. The van der Waals surface area contributed by atoms with Crippen LogP contribution in [0.15, 0.2) is 41.0 Å². The van der Waals surface area contributed by atoms with Crippen LogP contribution in [0.2, 0.25) is 5.02 Å². The number of halogens is 4. The Morgan fingerprint density at radius 3 is 2.61 bits per heavy atom. The number of hydrogen-bond donors (Lipinski definition) is 1. The van der Waals surface area contributed by atoms with E-state index in [0.717, 1.165) is 18.2 Å². The Morgan fingerprint density at radius 1 is 1.26 bits per heavy atom. The maximum Gasteiger partial charge on any atom is 0.416 e. The first-order valence-electron chi connectivity index (χ1n) is 6.24. The number of alkyl halides is 3. The highest BCUT2D eigenvalue weighted by Gasteiger charge is 2.34. The Labute approximate surface area is 137 Å². The average Bonchev–Trinajstić information content (AvgIpc) is 3.04. The van der Waals surface area contributed by atoms with Gasteiger partial charge in [0.25, 0.3) is 11.1 Å². The Bertz CT molecular complexity index is 773. The van der Waals surface area contributed by atoms with E-state index >= 15 is 0 Å². The second-order valence-electron chi connectivity index (χ2n) is 4.67. The summed E-state index contributed by atoms with van der Waals surface area (Å²) in [5.41, 5.74) is -0.721. The maximum atomic E-state index is 12.8. The van der Waals surface area contributed by atoms with Crippen molar-refractivity contribution in [2.75, 3.05) is 0 Å². The van der Waals surface area contributed by atoms with Crippen molar-refractivity contribution in [1.29, 1.82) is 0 Å². The number of allylic oxidation sites excluding steroid dienone is 1. The molecule has 2 heterocycles. The molecular formula is C14H7ClF3NO3S. The van der Waals surface area contributed by atoms with Gasteiger partial charge in [0.15, 0.2) is 0 Å². The highest BCUT2D eigenvalue weighted by atomic mass is 35.5. The van der Waals surface area contributed by atoms with Crippen molar-refractivity contribution >= 4 is 34.5 Å². The van der Waals surface area contributed by atoms with Crippen molar-refractivity contribution in [3.8, 4) is 0 Å². The molecule has 1 atom stereocenters. The second-order valence-corrected chi connectivity index (χ2v) is 6.06. The normalized spacial score (nSPS) is 24.1. The van der Waals surface area contributed by atoms with E-state index in [2.05, 4.69) is 5.32 Å². The fraction of sp³-hybridized carbons (Fsp3) is 0.143. The van der Waals surface area contributed by atoms with E-state index in [1.54, 1.807) is 0 Å². The molecule has 0 radical (unpaired) electrons. The lowest BCUT2D eigenvalue weighted by atomic mass is 10.1. The summed E-state index contributed by atoms with van der Waals surface area (Å²) in [6.07, 6.45) is -2.46. The Hall–Kier alpha value is -1.93. The van der Waals surface area contributed by atoms with Crippen molar-refractivity contribution in [2.24, 2.45) is 0 Å². The van der Waals surface area contributed by atoms with Gasteiger partial charge >= 0.3 is 6.18 Å². The number of benzene rings is 1. The highest BCUT2D eigenvalue weighted by molar-refractivity contribution is 8.18. The summed E-state index contributed by atoms with van der Waals surface area (Å²) in [6, 6.07) is 2.92. The lowest BCUT2D eigenvalue weighted by Gasteiger charge is -2.15. The fourth-order valence-corrected chi connectivity index (χ4v) is 3.02. The van der Waals surface area contributed by atoms with Crippen LogP contribution in [0.1, 0.15) is 17.2 Å². The molecule has 2 aliphatic rings. The zero-order valence-corrected chi connectivity index (χ0v) is 12.7. The third-order valence-corrected chi connectivity index (χ3v) is 4.37. The first-order chi connectivity index (χ1) is 10.8. The summed E-state index contributed by atoms with van der Waals surface area (Å²) in [7, 11) is 0. The summed E-state index contributed by atoms with van der Waals surface area (Å²) < 4.78 is 43.9. The van der Waals surface area contributed by atoms with Gasteiger partial charge in [-0.3, -0.25) is 14.9 Å². The second kappa shape index (κ2) is 5.61. The number of thioether (sulfide) groups is 1. The number of nitrogens with one attached hydrogen (secondary N) is 1. The molecule has 0 aromatic heterocycles. The molecule has 2 amide bonds. The third kappa shape index (κ3) is 3.09. The molecule has 0 spiro atoms. The molecule has 120 valence electrons. The summed E-state index contributed by atoms with van der Waals surface area (Å²) in [4.78, 5) is 22.8. The largest absolute Gasteiger partial charge is 0.480 e. The monoisotopic (exact) mass is 361 g/mol. The van der Waals surface area contributed by atoms with E-state index in [1.165, 1.54) is 12.2 Å². The van der Waals surface area contributed by atoms with Crippen LogP contribution in [0, 0.1) is 0 Å². The molecule has 1 fully saturated rings. The van der Waals surface area contributed by atoms with Crippen LogP contribution < -0.4 is 5.32 Å². The van der Waals surface area contributed by atoms with Crippen LogP contribution >= 0.6 is 23.4 Å². The van der Waals surface area contributed by atoms with Gasteiger partial charge in [-0.2, -0.15) is 13.2 Å². The zero-order chi connectivity index (χ0) is 16.8. The first kappa shape index (κ1) is 15.9. The number of amides is 2. The molecule has 1 N–H and O–H groups in total. The lowest BCUT2D eigenvalue weighted by molar-refractivity contribution is -0.137. The molecular weight excluding hydrogens is 355 g/mol. The van der Waals surface area contributed by atoms with Crippen LogP contribution in [0.25, 0.3) is 0 Å². The third-order valence-electron chi connectivity index (χ3n) is 3.15. The molecule has 9 heteroatoms. The fourth-order valence-electron chi connectivity index (χ4n) is 2.10. The predicted molar refractivity (Wildman–Crippen MR) is 77.6 cm³/mol. The van der Waals surface area contributed by atoms with E-state index < -0.39 is 29.0 Å². The molecule has 4 nitrogen and oxygen atoms in total. The van der Waals surface area contributed by atoms with Crippen molar-refractivity contribution in [3.63, 3.8) is 0 Å². The standard InChI is InChI=1S/C14H7ClF3NO3S/c15-8-2-1-6(14(16,17)18)5-7(8)9-3-4-10(22-9)11-12(20)19-13(21)23-11/h1-5,9H,(H,19,20,21). The van der Waals surface area contributed by atoms with Gasteiger partial charge in [0, 0.05) is 10.6 Å². The summed E-state index contributed by atoms with van der Waals surface area (Å²) in [6.45, 7) is 0. The smallest absolute Gasteiger partial charge is 0.416 e. The number of carbonyl (C=O) groups excluding carboxylic acids is 2. The minimum atomic E-state index is -4.50. The van der Waals surface area contributed by atoms with Crippen LogP contribution in [-0.2, 0) is 15.7 Å². The average molecular weight is 362 g/mol. The summed E-state index contributed by atoms with van der Waals surface area (Å²) in [5.74, 6) is -0.479. The number of rotatable bonds is 1. The van der Waals surface area contributed by atoms with E-state index in [9.17, 15) is 22.8 Å². The van der Waals surface area contributed by atoms with Gasteiger partial charge < -0.3 is 4.74 Å². The zero-order valence-electron chi connectivity index (χ0n) is 11.1. The van der Waals surface area contributed by atoms with Crippen molar-refractivity contribution in [3.05, 3.63) is 57.2 Å². The van der Waals surface area contributed by atoms with Gasteiger partial charge in [0.2, 0.25) is 0 Å². The quantitative estimate of drug-likeness (QED) is 0.762. The molecule has 23 heavy (non-hydrogen) atoms. The number of carbonyl (C=O) groups is 2. The molecule has 0 aliphatic carbocycles. The van der Waals surface area contributed by atoms with E-state index in [4.69, 9.17) is 16.3 Å². The minimum Gasteiger partial charge on any atom is -0.480 e. The molecule has 0 saturated carbocycles. The van der Waals surface area contributed by atoms with Crippen LogP contribution in [0.3, 0.4) is 0 Å². The number of ether oxygens (including phenoxy) is 1. The topological polar surface area (TPSA) is 55.4 Å². The van der Waals surface area contributed by atoms with Crippen LogP contribution in [0.4, 0.5) is 18.0 Å². The Kier molecular flexibility index (Phi) is 3.89. The Morgan fingerprint density at radius 2 is 2.00 bits per heavy atom. The van der Waals surface area contributed by atoms with Crippen LogP contribution in [-0.4, -0.2) is 11.1 Å². The highest BCUT2D eigenvalue weighted by Crippen LogP contribution is 2.40. The van der Waals surface area contributed by atoms with Crippen molar-refractivity contribution < 1.29 is 27.5 Å². The van der Waals surface area contributed by atoms with Gasteiger partial charge in [-0.05, 0) is 42.1 Å². The molecule has 3 rings (SSSR count). The van der Waals surface area contributed by atoms with Gasteiger partial charge in [-0.15, -0.1) is 0 Å². The molecule has 1 saturated heterocycles. The Balaban J connectivity index is 1.91. The minimum absolute atomic E-state index is 0.0665. The van der Waals surface area contributed by atoms with E-state index in [0.29, 0.717) is 11.8 Å². The van der Waals surface area contributed by atoms with Gasteiger partial charge in [0.05, 0.1) is 5.56 Å². The molecule has 1 aromatic rings. The molecule has 1 aromatic carbocycles. The van der Waals surface area contributed by atoms with E-state index in [-0.39, 0.29) is 21.3 Å². The van der Waals surface area contributed by atoms with Crippen molar-refractivity contribution in [2.45, 2.75) is 12.3 Å². The summed E-state index contributed by atoms with van der Waals surface area (Å²) in [5, 5.41) is 1.65. The van der Waals surface area contributed by atoms with Crippen LogP contribution in [0.5, 0.6) is 0 Å². The van der Waals surface area contributed by atoms with E-state index in [1.807, 2.05) is 0 Å². The number of hydrogen-bond acceptors (Lipinski definition) is 4. The van der Waals surface area contributed by atoms with Gasteiger partial charge in [-0.1, -0.05) is 11.6 Å². The van der Waals surface area contributed by atoms with Gasteiger partial charge in [-0.25, -0.2) is 0 Å². The number of imide groups is 1. The van der Waals surface area contributed by atoms with Gasteiger partial charge in [0.1, 0.15) is 16.8 Å². The molecule has 2 aliphatic heterocycles. The lowest BCUT2D eigenvalue weighted by Crippen LogP contribution is -2.18. The molecule has 0 bridgehead atoms. The summed E-state index contributed by atoms with van der Waals surface area (Å²) >= 11 is 6.62. The SMILES string of the molecule is O=C1NC(=O)C(=C2C=CC(c3cc(C(F)(F)F)ccc3Cl)O2)S1. The maximum absolute atomic E-state index is 12.8. The predicted octanol–water partition coefficient (Wildman–Crippen LogP) is 4.18.